The van der Waals surface area contributed by atoms with Gasteiger partial charge in [-0.25, -0.2) is 4.39 Å². The summed E-state index contributed by atoms with van der Waals surface area (Å²) in [4.78, 5) is 28.9. The second-order valence-corrected chi connectivity index (χ2v) is 6.73. The average Bonchev–Trinajstić information content (AvgIpc) is 3.14. The van der Waals surface area contributed by atoms with Crippen molar-refractivity contribution < 1.29 is 8.81 Å². The molecule has 0 aliphatic carbocycles. The first kappa shape index (κ1) is 16.3. The van der Waals surface area contributed by atoms with E-state index in [9.17, 15) is 14.0 Å². The van der Waals surface area contributed by atoms with Crippen LogP contribution < -0.4 is 15.7 Å². The molecule has 0 amide bonds. The topological polar surface area (TPSA) is 77.5 Å². The number of hydrogen-bond acceptors (Lipinski definition) is 6. The molecule has 3 aromatic heterocycles. The number of aryl methyl sites for hydroxylation is 1. The van der Waals surface area contributed by atoms with Gasteiger partial charge in [0.1, 0.15) is 27.6 Å². The zero-order valence-electron chi connectivity index (χ0n) is 13.6. The number of benzene rings is 1. The van der Waals surface area contributed by atoms with E-state index in [1.807, 2.05) is 6.92 Å². The Bertz CT molecular complexity index is 1270. The third-order valence-electron chi connectivity index (χ3n) is 3.77. The summed E-state index contributed by atoms with van der Waals surface area (Å²) in [5, 5.41) is 4.15. The Morgan fingerprint density at radius 1 is 1.19 bits per heavy atom. The summed E-state index contributed by atoms with van der Waals surface area (Å²) in [7, 11) is 0. The second kappa shape index (κ2) is 6.30. The third kappa shape index (κ3) is 3.06. The number of thiazole rings is 1. The molecule has 0 radical (unpaired) electrons. The van der Waals surface area contributed by atoms with Gasteiger partial charge in [0.2, 0.25) is 4.96 Å². The molecule has 0 aliphatic rings. The zero-order chi connectivity index (χ0) is 18.3. The van der Waals surface area contributed by atoms with Crippen LogP contribution in [0, 0.1) is 12.7 Å². The smallest absolute Gasteiger partial charge is 0.296 e. The van der Waals surface area contributed by atoms with Gasteiger partial charge in [0.15, 0.2) is 0 Å². The molecular formula is C18H12FN3O3S. The van der Waals surface area contributed by atoms with Gasteiger partial charge in [-0.15, -0.1) is 0 Å². The van der Waals surface area contributed by atoms with E-state index >= 15 is 0 Å². The molecule has 0 bridgehead atoms. The van der Waals surface area contributed by atoms with Crippen molar-refractivity contribution >= 4 is 22.4 Å². The average molecular weight is 369 g/mol. The minimum Gasteiger partial charge on any atom is -0.462 e. The molecule has 0 saturated heterocycles. The molecule has 3 heterocycles. The lowest BCUT2D eigenvalue weighted by atomic mass is 10.1. The highest BCUT2D eigenvalue weighted by Crippen LogP contribution is 2.08. The van der Waals surface area contributed by atoms with E-state index in [2.05, 4.69) is 10.1 Å². The maximum absolute atomic E-state index is 13.0. The summed E-state index contributed by atoms with van der Waals surface area (Å²) in [6.07, 6.45) is 1.77. The molecule has 1 aromatic carbocycles. The van der Waals surface area contributed by atoms with Crippen LogP contribution in [-0.4, -0.2) is 14.6 Å². The molecule has 0 aliphatic heterocycles. The Hall–Kier alpha value is -3.13. The summed E-state index contributed by atoms with van der Waals surface area (Å²) in [6.45, 7) is 1.81. The van der Waals surface area contributed by atoms with Crippen LogP contribution in [0.1, 0.15) is 22.8 Å². The van der Waals surface area contributed by atoms with Crippen molar-refractivity contribution in [3.05, 3.63) is 90.2 Å². The van der Waals surface area contributed by atoms with E-state index in [-0.39, 0.29) is 28.5 Å². The van der Waals surface area contributed by atoms with Crippen LogP contribution in [0.15, 0.2) is 50.4 Å². The summed E-state index contributed by atoms with van der Waals surface area (Å²) in [5.41, 5.74) is -0.0365. The number of fused-ring (bicyclic) bond motifs is 1. The van der Waals surface area contributed by atoms with Crippen LogP contribution in [-0.2, 0) is 6.42 Å². The van der Waals surface area contributed by atoms with Gasteiger partial charge in [-0.2, -0.15) is 14.6 Å². The van der Waals surface area contributed by atoms with Gasteiger partial charge < -0.3 is 4.42 Å². The fraction of sp³-hybridized carbons (Fsp3) is 0.111. The van der Waals surface area contributed by atoms with Crippen molar-refractivity contribution in [2.75, 3.05) is 0 Å². The van der Waals surface area contributed by atoms with Crippen molar-refractivity contribution in [2.45, 2.75) is 13.3 Å². The van der Waals surface area contributed by atoms with E-state index in [0.29, 0.717) is 15.9 Å². The lowest BCUT2D eigenvalue weighted by Gasteiger charge is -2.00. The minimum atomic E-state index is -0.504. The van der Waals surface area contributed by atoms with Crippen LogP contribution in [0.3, 0.4) is 0 Å². The Labute approximate surface area is 149 Å². The van der Waals surface area contributed by atoms with Crippen molar-refractivity contribution in [1.82, 2.24) is 14.6 Å². The number of halogens is 1. The molecule has 6 nitrogen and oxygen atoms in total. The van der Waals surface area contributed by atoms with Gasteiger partial charge in [0, 0.05) is 12.5 Å². The molecule has 8 heteroatoms. The Morgan fingerprint density at radius 3 is 2.65 bits per heavy atom. The SMILES string of the molecule is Cc1ccc(/C=c2/sc3nc(=O)c(Cc4ccc(F)cc4)nn3c2=O)o1. The lowest BCUT2D eigenvalue weighted by molar-refractivity contribution is 0.525. The fourth-order valence-electron chi connectivity index (χ4n) is 2.51. The van der Waals surface area contributed by atoms with Crippen molar-refractivity contribution in [2.24, 2.45) is 0 Å². The normalized spacial score (nSPS) is 12.2. The quantitative estimate of drug-likeness (QED) is 0.549. The summed E-state index contributed by atoms with van der Waals surface area (Å²) in [6, 6.07) is 9.29. The van der Waals surface area contributed by atoms with E-state index in [0.717, 1.165) is 21.6 Å². The maximum Gasteiger partial charge on any atom is 0.296 e. The monoisotopic (exact) mass is 369 g/mol. The molecule has 0 unspecified atom stereocenters. The van der Waals surface area contributed by atoms with Crippen LogP contribution in [0.2, 0.25) is 0 Å². The summed E-state index contributed by atoms with van der Waals surface area (Å²) in [5.74, 6) is 0.915. The Morgan fingerprint density at radius 2 is 1.96 bits per heavy atom. The van der Waals surface area contributed by atoms with E-state index in [1.165, 1.54) is 12.1 Å². The van der Waals surface area contributed by atoms with E-state index in [4.69, 9.17) is 4.42 Å². The first-order valence-electron chi connectivity index (χ1n) is 7.75. The summed E-state index contributed by atoms with van der Waals surface area (Å²) < 4.78 is 19.9. The molecule has 0 N–H and O–H groups in total. The van der Waals surface area contributed by atoms with Crippen molar-refractivity contribution in [3.63, 3.8) is 0 Å². The van der Waals surface area contributed by atoms with Crippen LogP contribution >= 0.6 is 11.3 Å². The molecule has 0 atom stereocenters. The Balaban J connectivity index is 1.80. The highest BCUT2D eigenvalue weighted by atomic mass is 32.1. The molecule has 0 fully saturated rings. The highest BCUT2D eigenvalue weighted by molar-refractivity contribution is 7.15. The van der Waals surface area contributed by atoms with Crippen LogP contribution in [0.25, 0.3) is 11.0 Å². The molecule has 4 rings (SSSR count). The standard InChI is InChI=1S/C18H12FN3O3S/c1-10-2-7-13(25-10)9-15-17(24)22-18(26-15)20-16(23)14(21-22)8-11-3-5-12(19)6-4-11/h2-7,9H,8H2,1H3/b15-9+. The first-order chi connectivity index (χ1) is 12.5. The molecule has 4 aromatic rings. The van der Waals surface area contributed by atoms with E-state index in [1.54, 1.807) is 30.3 Å². The molecule has 0 saturated carbocycles. The third-order valence-corrected chi connectivity index (χ3v) is 4.73. The highest BCUT2D eigenvalue weighted by Gasteiger charge is 2.12. The largest absolute Gasteiger partial charge is 0.462 e. The molecular weight excluding hydrogens is 357 g/mol. The zero-order valence-corrected chi connectivity index (χ0v) is 14.4. The van der Waals surface area contributed by atoms with Crippen molar-refractivity contribution in [1.29, 1.82) is 0 Å². The number of aromatic nitrogens is 3. The van der Waals surface area contributed by atoms with Crippen molar-refractivity contribution in [3.8, 4) is 0 Å². The van der Waals surface area contributed by atoms with Crippen LogP contribution in [0.4, 0.5) is 4.39 Å². The number of furan rings is 1. The fourth-order valence-corrected chi connectivity index (χ4v) is 3.39. The first-order valence-corrected chi connectivity index (χ1v) is 8.56. The number of nitrogens with zero attached hydrogens (tertiary/aromatic N) is 3. The molecule has 0 spiro atoms. The van der Waals surface area contributed by atoms with Gasteiger partial charge in [-0.3, -0.25) is 9.59 Å². The maximum atomic E-state index is 13.0. The number of rotatable bonds is 3. The van der Waals surface area contributed by atoms with Gasteiger partial charge in [0.25, 0.3) is 11.1 Å². The van der Waals surface area contributed by atoms with Gasteiger partial charge in [-0.1, -0.05) is 23.5 Å². The predicted molar refractivity (Wildman–Crippen MR) is 94.8 cm³/mol. The Kier molecular flexibility index (Phi) is 3.96. The van der Waals surface area contributed by atoms with Gasteiger partial charge in [-0.05, 0) is 36.8 Å². The lowest BCUT2D eigenvalue weighted by Crippen LogP contribution is -2.28. The van der Waals surface area contributed by atoms with E-state index < -0.39 is 5.56 Å². The predicted octanol–water partition coefficient (Wildman–Crippen LogP) is 1.69. The minimum absolute atomic E-state index is 0.129. The van der Waals surface area contributed by atoms with Crippen LogP contribution in [0.5, 0.6) is 0 Å². The van der Waals surface area contributed by atoms with Gasteiger partial charge >= 0.3 is 0 Å². The molecule has 26 heavy (non-hydrogen) atoms. The number of hydrogen-bond donors (Lipinski definition) is 0. The molecule has 130 valence electrons. The second-order valence-electron chi connectivity index (χ2n) is 5.73. The van der Waals surface area contributed by atoms with Gasteiger partial charge in [0.05, 0.1) is 0 Å². The summed E-state index contributed by atoms with van der Waals surface area (Å²) >= 11 is 1.07.